The van der Waals surface area contributed by atoms with Gasteiger partial charge in [-0.05, 0) is 36.6 Å². The van der Waals surface area contributed by atoms with E-state index >= 15 is 0 Å². The molecule has 1 aliphatic rings. The van der Waals surface area contributed by atoms with Gasteiger partial charge in [-0.15, -0.1) is 11.3 Å². The number of carbonyl (C=O) groups excluding carboxylic acids is 2. The van der Waals surface area contributed by atoms with Crippen molar-refractivity contribution in [3.63, 3.8) is 0 Å². The second-order valence-electron chi connectivity index (χ2n) is 7.87. The van der Waals surface area contributed by atoms with Gasteiger partial charge in [0, 0.05) is 41.2 Å². The highest BCUT2D eigenvalue weighted by Crippen LogP contribution is 2.31. The van der Waals surface area contributed by atoms with Gasteiger partial charge in [-0.3, -0.25) is 19.7 Å². The van der Waals surface area contributed by atoms with Gasteiger partial charge in [0.25, 0.3) is 5.91 Å². The quantitative estimate of drug-likeness (QED) is 0.375. The van der Waals surface area contributed by atoms with E-state index in [4.69, 9.17) is 11.6 Å². The zero-order chi connectivity index (χ0) is 24.2. The second-order valence-corrected chi connectivity index (χ2v) is 9.17. The van der Waals surface area contributed by atoms with Crippen molar-refractivity contribution in [1.29, 1.82) is 0 Å². The first kappa shape index (κ1) is 23.8. The monoisotopic (exact) mass is 502 g/mol. The summed E-state index contributed by atoms with van der Waals surface area (Å²) < 4.78 is 13.5. The van der Waals surface area contributed by atoms with Crippen LogP contribution in [0.5, 0.6) is 0 Å². The Morgan fingerprint density at radius 2 is 1.97 bits per heavy atom. The predicted molar refractivity (Wildman–Crippen MR) is 127 cm³/mol. The minimum absolute atomic E-state index is 0.0270. The molecule has 0 unspecified atom stereocenters. The van der Waals surface area contributed by atoms with Crippen molar-refractivity contribution in [2.45, 2.75) is 25.2 Å². The molecule has 1 N–H and O–H groups in total. The molecule has 1 fully saturated rings. The van der Waals surface area contributed by atoms with E-state index in [0.717, 1.165) is 35.5 Å². The van der Waals surface area contributed by atoms with Crippen LogP contribution in [0.4, 0.5) is 15.8 Å². The standard InChI is InChI=1S/C23H20ClFN4O4S/c24-17-4-2-1-3-15(17)11-21(30)28-9-7-14(8-10-28)23-27-19(13-34-23)22(31)26-16-5-6-18(25)20(12-16)29(32)33/h1-6,12-14H,7-11H2,(H,26,31). The minimum atomic E-state index is -0.976. The van der Waals surface area contributed by atoms with Gasteiger partial charge in [-0.1, -0.05) is 29.8 Å². The van der Waals surface area contributed by atoms with Gasteiger partial charge in [-0.2, -0.15) is 4.39 Å². The third-order valence-corrected chi connectivity index (χ3v) is 7.03. The lowest BCUT2D eigenvalue weighted by Crippen LogP contribution is -2.38. The smallest absolute Gasteiger partial charge is 0.306 e. The van der Waals surface area contributed by atoms with E-state index in [1.165, 1.54) is 17.4 Å². The number of carbonyl (C=O) groups is 2. The first-order chi connectivity index (χ1) is 16.3. The summed E-state index contributed by atoms with van der Waals surface area (Å²) in [6.07, 6.45) is 1.72. The summed E-state index contributed by atoms with van der Waals surface area (Å²) >= 11 is 7.52. The van der Waals surface area contributed by atoms with Gasteiger partial charge in [0.15, 0.2) is 0 Å². The van der Waals surface area contributed by atoms with Gasteiger partial charge < -0.3 is 10.2 Å². The molecule has 0 radical (unpaired) electrons. The highest BCUT2D eigenvalue weighted by Gasteiger charge is 2.27. The van der Waals surface area contributed by atoms with E-state index in [-0.39, 0.29) is 29.6 Å². The second kappa shape index (κ2) is 10.3. The molecule has 0 spiro atoms. The number of aromatic nitrogens is 1. The van der Waals surface area contributed by atoms with Crippen molar-refractivity contribution in [2.75, 3.05) is 18.4 Å². The molecule has 34 heavy (non-hydrogen) atoms. The molecule has 2 amide bonds. The van der Waals surface area contributed by atoms with E-state index in [9.17, 15) is 24.1 Å². The maximum absolute atomic E-state index is 13.5. The average Bonchev–Trinajstić information content (AvgIpc) is 3.32. The normalized spacial score (nSPS) is 14.1. The van der Waals surface area contributed by atoms with Gasteiger partial charge in [-0.25, -0.2) is 4.98 Å². The first-order valence-corrected chi connectivity index (χ1v) is 11.8. The third kappa shape index (κ3) is 5.40. The van der Waals surface area contributed by atoms with Crippen LogP contribution < -0.4 is 5.32 Å². The Bertz CT molecular complexity index is 1240. The minimum Gasteiger partial charge on any atom is -0.342 e. The zero-order valence-electron chi connectivity index (χ0n) is 17.9. The summed E-state index contributed by atoms with van der Waals surface area (Å²) in [6, 6.07) is 10.4. The molecule has 0 aliphatic carbocycles. The molecule has 2 aromatic carbocycles. The SMILES string of the molecule is O=C(Nc1ccc(F)c([N+](=O)[O-])c1)c1csc(C2CCN(C(=O)Cc3ccccc3Cl)CC2)n1. The fourth-order valence-corrected chi connectivity index (χ4v) is 4.97. The van der Waals surface area contributed by atoms with Crippen LogP contribution in [0.3, 0.4) is 0 Å². The lowest BCUT2D eigenvalue weighted by atomic mass is 9.97. The topological polar surface area (TPSA) is 105 Å². The Kier molecular flexibility index (Phi) is 7.18. The number of anilines is 1. The molecule has 1 saturated heterocycles. The number of halogens is 2. The predicted octanol–water partition coefficient (Wildman–Crippen LogP) is 5.04. The van der Waals surface area contributed by atoms with Crippen molar-refractivity contribution in [3.8, 4) is 0 Å². The molecule has 1 aromatic heterocycles. The number of benzene rings is 2. The maximum atomic E-state index is 13.5. The number of nitro benzene ring substituents is 1. The van der Waals surface area contributed by atoms with Crippen LogP contribution in [-0.4, -0.2) is 39.7 Å². The molecule has 8 nitrogen and oxygen atoms in total. The number of nitrogens with one attached hydrogen (secondary N) is 1. The van der Waals surface area contributed by atoms with Crippen molar-refractivity contribution in [1.82, 2.24) is 9.88 Å². The number of nitro groups is 1. The van der Waals surface area contributed by atoms with Gasteiger partial charge in [0.05, 0.1) is 16.4 Å². The summed E-state index contributed by atoms with van der Waals surface area (Å²) in [5, 5.41) is 16.4. The van der Waals surface area contributed by atoms with Gasteiger partial charge >= 0.3 is 5.69 Å². The Balaban J connectivity index is 1.34. The number of hydrogen-bond donors (Lipinski definition) is 1. The summed E-state index contributed by atoms with van der Waals surface area (Å²) in [5.41, 5.74) is 0.383. The summed E-state index contributed by atoms with van der Waals surface area (Å²) in [5.74, 6) is -1.35. The largest absolute Gasteiger partial charge is 0.342 e. The maximum Gasteiger partial charge on any atom is 0.306 e. The van der Waals surface area contributed by atoms with Crippen LogP contribution in [0.1, 0.15) is 39.8 Å². The fraction of sp³-hybridized carbons (Fsp3) is 0.261. The van der Waals surface area contributed by atoms with Crippen molar-refractivity contribution < 1.29 is 18.9 Å². The molecule has 3 aromatic rings. The highest BCUT2D eigenvalue weighted by atomic mass is 35.5. The zero-order valence-corrected chi connectivity index (χ0v) is 19.4. The van der Waals surface area contributed by atoms with E-state index in [0.29, 0.717) is 18.1 Å². The van der Waals surface area contributed by atoms with Crippen LogP contribution in [0, 0.1) is 15.9 Å². The number of piperidine rings is 1. The summed E-state index contributed by atoms with van der Waals surface area (Å²) in [6.45, 7) is 1.18. The molecular formula is C23H20ClFN4O4S. The molecule has 0 bridgehead atoms. The van der Waals surface area contributed by atoms with Crippen LogP contribution >= 0.6 is 22.9 Å². The van der Waals surface area contributed by atoms with E-state index in [1.54, 1.807) is 11.4 Å². The number of rotatable bonds is 6. The third-order valence-electron chi connectivity index (χ3n) is 5.65. The van der Waals surface area contributed by atoms with Crippen molar-refractivity contribution >= 4 is 46.1 Å². The van der Waals surface area contributed by atoms with Crippen LogP contribution in [0.15, 0.2) is 47.8 Å². The van der Waals surface area contributed by atoms with Gasteiger partial charge in [0.2, 0.25) is 11.7 Å². The number of likely N-dealkylation sites (tertiary alicyclic amines) is 1. The fourth-order valence-electron chi connectivity index (χ4n) is 3.80. The molecular weight excluding hydrogens is 483 g/mol. The van der Waals surface area contributed by atoms with Crippen LogP contribution in [-0.2, 0) is 11.2 Å². The Morgan fingerprint density at radius 3 is 2.68 bits per heavy atom. The number of thiazole rings is 1. The molecule has 2 heterocycles. The summed E-state index contributed by atoms with van der Waals surface area (Å²) in [4.78, 5) is 41.5. The highest BCUT2D eigenvalue weighted by molar-refractivity contribution is 7.10. The molecule has 1 aliphatic heterocycles. The lowest BCUT2D eigenvalue weighted by molar-refractivity contribution is -0.387. The first-order valence-electron chi connectivity index (χ1n) is 10.5. The van der Waals surface area contributed by atoms with Crippen molar-refractivity contribution in [3.05, 3.63) is 85.1 Å². The van der Waals surface area contributed by atoms with E-state index in [1.807, 2.05) is 23.1 Å². The average molecular weight is 503 g/mol. The molecule has 0 atom stereocenters. The number of nitrogens with zero attached hydrogens (tertiary/aromatic N) is 3. The Hall–Kier alpha value is -3.37. The molecule has 11 heteroatoms. The van der Waals surface area contributed by atoms with Gasteiger partial charge in [0.1, 0.15) is 5.69 Å². The lowest BCUT2D eigenvalue weighted by Gasteiger charge is -2.31. The van der Waals surface area contributed by atoms with E-state index < -0.39 is 22.3 Å². The number of hydrogen-bond acceptors (Lipinski definition) is 6. The van der Waals surface area contributed by atoms with Crippen LogP contribution in [0.25, 0.3) is 0 Å². The number of amides is 2. The Morgan fingerprint density at radius 1 is 1.24 bits per heavy atom. The molecule has 176 valence electrons. The van der Waals surface area contributed by atoms with E-state index in [2.05, 4.69) is 10.3 Å². The summed E-state index contributed by atoms with van der Waals surface area (Å²) in [7, 11) is 0. The molecule has 0 saturated carbocycles. The van der Waals surface area contributed by atoms with Crippen molar-refractivity contribution in [2.24, 2.45) is 0 Å². The molecule has 4 rings (SSSR count). The van der Waals surface area contributed by atoms with Crippen LogP contribution in [0.2, 0.25) is 5.02 Å². The Labute approximate surface area is 203 Å².